The fourth-order valence-electron chi connectivity index (χ4n) is 2.40. The van der Waals surface area contributed by atoms with Gasteiger partial charge in [0, 0.05) is 0 Å². The summed E-state index contributed by atoms with van der Waals surface area (Å²) in [6.07, 6.45) is 3.45. The second kappa shape index (κ2) is 4.98. The van der Waals surface area contributed by atoms with E-state index in [0.29, 0.717) is 5.75 Å². The molecule has 0 aromatic heterocycles. The van der Waals surface area contributed by atoms with Gasteiger partial charge < -0.3 is 14.9 Å². The van der Waals surface area contributed by atoms with E-state index in [1.807, 2.05) is 0 Å². The normalized spacial score (nSPS) is 17.7. The minimum absolute atomic E-state index is 0.150. The average Bonchev–Trinajstić information content (AvgIpc) is 2.74. The number of aryl methyl sites for hydroxylation is 1. The summed E-state index contributed by atoms with van der Waals surface area (Å²) >= 11 is 0. The summed E-state index contributed by atoms with van der Waals surface area (Å²) in [7, 11) is 0. The summed E-state index contributed by atoms with van der Waals surface area (Å²) in [6.45, 7) is 1.97. The molecule has 4 nitrogen and oxygen atoms in total. The lowest BCUT2D eigenvalue weighted by molar-refractivity contribution is 0.000712. The van der Waals surface area contributed by atoms with E-state index in [-0.39, 0.29) is 12.2 Å². The highest BCUT2D eigenvalue weighted by Gasteiger charge is 2.32. The number of aromatic carboxylic acids is 1. The summed E-state index contributed by atoms with van der Waals surface area (Å²) < 4.78 is 5.59. The van der Waals surface area contributed by atoms with E-state index in [1.165, 1.54) is 6.07 Å². The summed E-state index contributed by atoms with van der Waals surface area (Å²) in [5.41, 5.74) is 0.131. The molecular weight excluding hydrogens is 232 g/mol. The van der Waals surface area contributed by atoms with Crippen LogP contribution in [0, 0.1) is 6.92 Å². The highest BCUT2D eigenvalue weighted by atomic mass is 16.5. The summed E-state index contributed by atoms with van der Waals surface area (Å²) in [5, 5.41) is 19.3. The Morgan fingerprint density at radius 2 is 2.06 bits per heavy atom. The van der Waals surface area contributed by atoms with Crippen LogP contribution in [0.1, 0.15) is 41.6 Å². The second-order valence-electron chi connectivity index (χ2n) is 4.98. The lowest BCUT2D eigenvalue weighted by atomic mass is 10.0. The van der Waals surface area contributed by atoms with Crippen molar-refractivity contribution in [3.63, 3.8) is 0 Å². The van der Waals surface area contributed by atoms with Crippen molar-refractivity contribution in [3.8, 4) is 5.75 Å². The molecule has 1 aliphatic rings. The smallest absolute Gasteiger partial charge is 0.339 e. The van der Waals surface area contributed by atoms with Crippen molar-refractivity contribution in [2.75, 3.05) is 6.61 Å². The maximum Gasteiger partial charge on any atom is 0.339 e. The van der Waals surface area contributed by atoms with Crippen LogP contribution in [0.25, 0.3) is 0 Å². The Bertz CT molecular complexity index is 447. The van der Waals surface area contributed by atoms with Gasteiger partial charge in [-0.25, -0.2) is 4.79 Å². The highest BCUT2D eigenvalue weighted by molar-refractivity contribution is 5.91. The largest absolute Gasteiger partial charge is 0.489 e. The van der Waals surface area contributed by atoms with Crippen molar-refractivity contribution < 1.29 is 19.7 Å². The van der Waals surface area contributed by atoms with Gasteiger partial charge in [0.25, 0.3) is 0 Å². The van der Waals surface area contributed by atoms with Crippen molar-refractivity contribution in [1.29, 1.82) is 0 Å². The number of carbonyl (C=O) groups is 1. The molecule has 0 saturated heterocycles. The molecule has 1 aromatic carbocycles. The topological polar surface area (TPSA) is 66.8 Å². The molecule has 1 aromatic rings. The van der Waals surface area contributed by atoms with Crippen LogP contribution in [0.4, 0.5) is 0 Å². The molecule has 0 aliphatic heterocycles. The van der Waals surface area contributed by atoms with Gasteiger partial charge in [0.05, 0.1) is 5.60 Å². The summed E-state index contributed by atoms with van der Waals surface area (Å²) in [4.78, 5) is 11.1. The van der Waals surface area contributed by atoms with Gasteiger partial charge in [0.1, 0.15) is 17.9 Å². The number of carboxylic acids is 1. The van der Waals surface area contributed by atoms with Crippen LogP contribution >= 0.6 is 0 Å². The van der Waals surface area contributed by atoms with Crippen LogP contribution in [0.15, 0.2) is 18.2 Å². The first-order valence-corrected chi connectivity index (χ1v) is 6.20. The van der Waals surface area contributed by atoms with Gasteiger partial charge in [-0.2, -0.15) is 0 Å². The van der Waals surface area contributed by atoms with Gasteiger partial charge in [-0.1, -0.05) is 25.0 Å². The zero-order chi connectivity index (χ0) is 13.2. The number of aliphatic hydroxyl groups is 1. The first-order valence-electron chi connectivity index (χ1n) is 6.20. The molecule has 0 radical (unpaired) electrons. The molecule has 2 N–H and O–H groups in total. The van der Waals surface area contributed by atoms with E-state index in [0.717, 1.165) is 31.2 Å². The number of carboxylic acid groups (broad SMARTS) is 1. The Morgan fingerprint density at radius 1 is 1.39 bits per heavy atom. The molecule has 0 unspecified atom stereocenters. The molecule has 0 bridgehead atoms. The molecule has 2 rings (SSSR count). The predicted molar refractivity (Wildman–Crippen MR) is 67.1 cm³/mol. The number of benzene rings is 1. The van der Waals surface area contributed by atoms with Gasteiger partial charge in [-0.3, -0.25) is 0 Å². The number of rotatable bonds is 4. The summed E-state index contributed by atoms with van der Waals surface area (Å²) in [6, 6.07) is 5.01. The number of para-hydroxylation sites is 1. The van der Waals surface area contributed by atoms with E-state index in [9.17, 15) is 9.90 Å². The maximum absolute atomic E-state index is 11.1. The first kappa shape index (κ1) is 12.9. The van der Waals surface area contributed by atoms with Crippen molar-refractivity contribution >= 4 is 5.97 Å². The Kier molecular flexibility index (Phi) is 3.57. The SMILES string of the molecule is Cc1cccc(C(=O)O)c1OCC1(O)CCCC1. The van der Waals surface area contributed by atoms with E-state index in [4.69, 9.17) is 9.84 Å². The fraction of sp³-hybridized carbons (Fsp3) is 0.500. The van der Waals surface area contributed by atoms with E-state index < -0.39 is 11.6 Å². The predicted octanol–water partition coefficient (Wildman–Crippen LogP) is 2.38. The molecule has 1 saturated carbocycles. The molecule has 0 atom stereocenters. The minimum Gasteiger partial charge on any atom is -0.489 e. The minimum atomic E-state index is -1.01. The first-order chi connectivity index (χ1) is 8.52. The van der Waals surface area contributed by atoms with Gasteiger partial charge in [-0.15, -0.1) is 0 Å². The third-order valence-electron chi connectivity index (χ3n) is 3.46. The average molecular weight is 250 g/mol. The van der Waals surface area contributed by atoms with Crippen LogP contribution in [0.2, 0.25) is 0 Å². The molecule has 0 spiro atoms. The van der Waals surface area contributed by atoms with Crippen LogP contribution in [-0.4, -0.2) is 28.4 Å². The zero-order valence-electron chi connectivity index (χ0n) is 10.5. The Labute approximate surface area is 106 Å². The number of hydrogen-bond donors (Lipinski definition) is 2. The van der Waals surface area contributed by atoms with Crippen LogP contribution in [0.3, 0.4) is 0 Å². The Hall–Kier alpha value is -1.55. The molecular formula is C14H18O4. The number of ether oxygens (including phenoxy) is 1. The maximum atomic E-state index is 11.1. The van der Waals surface area contributed by atoms with Crippen molar-refractivity contribution in [3.05, 3.63) is 29.3 Å². The fourth-order valence-corrected chi connectivity index (χ4v) is 2.40. The molecule has 1 aliphatic carbocycles. The van der Waals surface area contributed by atoms with E-state index >= 15 is 0 Å². The van der Waals surface area contributed by atoms with Gasteiger partial charge in [-0.05, 0) is 31.4 Å². The van der Waals surface area contributed by atoms with Crippen LogP contribution < -0.4 is 4.74 Å². The molecule has 1 fully saturated rings. The third kappa shape index (κ3) is 2.64. The molecule has 0 heterocycles. The second-order valence-corrected chi connectivity index (χ2v) is 4.98. The van der Waals surface area contributed by atoms with E-state index in [1.54, 1.807) is 19.1 Å². The standard InChI is InChI=1S/C14H18O4/c1-10-5-4-6-11(13(15)16)12(10)18-9-14(17)7-2-3-8-14/h4-6,17H,2-3,7-9H2,1H3,(H,15,16). The molecule has 98 valence electrons. The van der Waals surface area contributed by atoms with Crippen molar-refractivity contribution in [1.82, 2.24) is 0 Å². The third-order valence-corrected chi connectivity index (χ3v) is 3.46. The molecule has 18 heavy (non-hydrogen) atoms. The van der Waals surface area contributed by atoms with Crippen LogP contribution in [0.5, 0.6) is 5.75 Å². The molecule has 0 amide bonds. The van der Waals surface area contributed by atoms with Gasteiger partial charge >= 0.3 is 5.97 Å². The van der Waals surface area contributed by atoms with E-state index in [2.05, 4.69) is 0 Å². The Balaban J connectivity index is 2.15. The molecule has 4 heteroatoms. The Morgan fingerprint density at radius 3 is 2.67 bits per heavy atom. The number of hydrogen-bond acceptors (Lipinski definition) is 3. The van der Waals surface area contributed by atoms with Gasteiger partial charge in [0.15, 0.2) is 0 Å². The lowest BCUT2D eigenvalue weighted by Crippen LogP contribution is -2.32. The van der Waals surface area contributed by atoms with Crippen LogP contribution in [-0.2, 0) is 0 Å². The lowest BCUT2D eigenvalue weighted by Gasteiger charge is -2.23. The zero-order valence-corrected chi connectivity index (χ0v) is 10.5. The summed E-state index contributed by atoms with van der Waals surface area (Å²) in [5.74, 6) is -0.641. The van der Waals surface area contributed by atoms with Crippen molar-refractivity contribution in [2.45, 2.75) is 38.2 Å². The monoisotopic (exact) mass is 250 g/mol. The highest BCUT2D eigenvalue weighted by Crippen LogP contribution is 2.31. The van der Waals surface area contributed by atoms with Crippen molar-refractivity contribution in [2.24, 2.45) is 0 Å². The van der Waals surface area contributed by atoms with Gasteiger partial charge in [0.2, 0.25) is 0 Å². The quantitative estimate of drug-likeness (QED) is 0.861.